The molecule has 0 unspecified atom stereocenters. The van der Waals surface area contributed by atoms with Gasteiger partial charge in [-0.3, -0.25) is 19.5 Å². The number of ether oxygens (including phenoxy) is 3. The molecule has 0 radical (unpaired) electrons. The van der Waals surface area contributed by atoms with E-state index in [4.69, 9.17) is 14.2 Å². The Labute approximate surface area is 228 Å². The minimum absolute atomic E-state index is 0.0189. The van der Waals surface area contributed by atoms with E-state index in [0.717, 1.165) is 17.4 Å². The van der Waals surface area contributed by atoms with Crippen LogP contribution in [0.15, 0.2) is 55.9 Å². The highest BCUT2D eigenvalue weighted by molar-refractivity contribution is 9.10. The molecule has 0 saturated heterocycles. The van der Waals surface area contributed by atoms with Crippen LogP contribution in [0.1, 0.15) is 31.0 Å². The van der Waals surface area contributed by atoms with Crippen LogP contribution in [0, 0.1) is 10.1 Å². The smallest absolute Gasteiger partial charge is 0.338 e. The summed E-state index contributed by atoms with van der Waals surface area (Å²) in [7, 11) is 2.95. The van der Waals surface area contributed by atoms with E-state index >= 15 is 0 Å². The standard InChI is InChI=1S/C25H22BrN3O8S/c1-5-37-24(32)20-12(2)27-25-28(21(20)14-10-17(35-3)18(36-4)11-15(14)26)23(31)19(38-25)9-13-7-6-8-16(22(13)30)29(33)34/h6-11,21,30H,5H2,1-4H3/p-1/b19-9+/t21-/m0/s1. The molecule has 13 heteroatoms. The molecule has 0 amide bonds. The number of hydrogen-bond acceptors (Lipinski definition) is 10. The van der Waals surface area contributed by atoms with Gasteiger partial charge in [-0.15, -0.1) is 0 Å². The molecule has 0 N–H and O–H groups in total. The lowest BCUT2D eigenvalue weighted by atomic mass is 9.95. The molecule has 38 heavy (non-hydrogen) atoms. The van der Waals surface area contributed by atoms with Crippen molar-refractivity contribution < 1.29 is 29.0 Å². The lowest BCUT2D eigenvalue weighted by Gasteiger charge is -2.26. The van der Waals surface area contributed by atoms with E-state index in [1.54, 1.807) is 26.0 Å². The van der Waals surface area contributed by atoms with E-state index in [-0.39, 0.29) is 27.1 Å². The summed E-state index contributed by atoms with van der Waals surface area (Å²) in [6, 6.07) is 6.22. The second-order valence-corrected chi connectivity index (χ2v) is 9.85. The predicted octanol–water partition coefficient (Wildman–Crippen LogP) is 2.56. The van der Waals surface area contributed by atoms with Gasteiger partial charge < -0.3 is 19.3 Å². The van der Waals surface area contributed by atoms with Gasteiger partial charge in [-0.2, -0.15) is 0 Å². The van der Waals surface area contributed by atoms with Gasteiger partial charge >= 0.3 is 5.97 Å². The quantitative estimate of drug-likeness (QED) is 0.228. The van der Waals surface area contributed by atoms with Gasteiger partial charge in [0, 0.05) is 10.5 Å². The predicted molar refractivity (Wildman–Crippen MR) is 140 cm³/mol. The molecular formula is C25H21BrN3O8S-. The van der Waals surface area contributed by atoms with Crippen LogP contribution in [0.4, 0.5) is 5.69 Å². The summed E-state index contributed by atoms with van der Waals surface area (Å²) < 4.78 is 18.1. The number of hydrogen-bond donors (Lipinski definition) is 0. The molecule has 0 saturated carbocycles. The molecule has 3 aromatic rings. The molecule has 0 bridgehead atoms. The fourth-order valence-corrected chi connectivity index (χ4v) is 5.68. The van der Waals surface area contributed by atoms with Crippen molar-refractivity contribution in [3.05, 3.63) is 87.0 Å². The molecule has 1 aliphatic heterocycles. The Morgan fingerprint density at radius 3 is 2.58 bits per heavy atom. The van der Waals surface area contributed by atoms with Crippen molar-refractivity contribution in [3.63, 3.8) is 0 Å². The molecule has 0 aliphatic carbocycles. The molecule has 1 atom stereocenters. The maximum absolute atomic E-state index is 13.8. The number of methoxy groups -OCH3 is 2. The summed E-state index contributed by atoms with van der Waals surface area (Å²) >= 11 is 4.52. The minimum Gasteiger partial charge on any atom is -0.867 e. The largest absolute Gasteiger partial charge is 0.867 e. The summed E-state index contributed by atoms with van der Waals surface area (Å²) in [5, 5.41) is 23.8. The van der Waals surface area contributed by atoms with Crippen molar-refractivity contribution in [3.8, 4) is 17.2 Å². The second kappa shape index (κ2) is 10.8. The van der Waals surface area contributed by atoms with Crippen molar-refractivity contribution in [2.75, 3.05) is 20.8 Å². The van der Waals surface area contributed by atoms with E-state index < -0.39 is 33.9 Å². The molecule has 0 spiro atoms. The highest BCUT2D eigenvalue weighted by Gasteiger charge is 2.35. The van der Waals surface area contributed by atoms with E-state index in [9.17, 15) is 24.8 Å². The maximum atomic E-state index is 13.8. The van der Waals surface area contributed by atoms with E-state index in [2.05, 4.69) is 20.9 Å². The third-order valence-electron chi connectivity index (χ3n) is 5.82. The first-order chi connectivity index (χ1) is 18.1. The summed E-state index contributed by atoms with van der Waals surface area (Å²) in [4.78, 5) is 42.1. The maximum Gasteiger partial charge on any atom is 0.338 e. The number of carbonyl (C=O) groups excluding carboxylic acids is 1. The van der Waals surface area contributed by atoms with E-state index in [1.807, 2.05) is 0 Å². The number of thiazole rings is 1. The number of nitro benzene ring substituents is 1. The lowest BCUT2D eigenvalue weighted by molar-refractivity contribution is -0.398. The van der Waals surface area contributed by atoms with Gasteiger partial charge in [-0.05, 0) is 48.9 Å². The number of allylic oxidation sites excluding steroid dienone is 1. The van der Waals surface area contributed by atoms with Crippen LogP contribution < -0.4 is 29.5 Å². The van der Waals surface area contributed by atoms with Crippen LogP contribution in [-0.4, -0.2) is 36.3 Å². The SMILES string of the molecule is CCOC(=O)C1=C(C)N=c2s/c(=C/c3cccc([N+](=O)[O-])c3[O-])c(=O)n2[C@H]1c1cc(OC)c(OC)cc1Br. The molecule has 198 valence electrons. The Bertz CT molecular complexity index is 1670. The highest BCUT2D eigenvalue weighted by Crippen LogP contribution is 2.40. The van der Waals surface area contributed by atoms with Gasteiger partial charge in [-0.25, -0.2) is 9.79 Å². The van der Waals surface area contributed by atoms with E-state index in [0.29, 0.717) is 27.2 Å². The van der Waals surface area contributed by atoms with Crippen molar-refractivity contribution in [1.29, 1.82) is 0 Å². The number of rotatable bonds is 7. The number of benzene rings is 2. The topological polar surface area (TPSA) is 145 Å². The number of nitrogens with zero attached hydrogens (tertiary/aromatic N) is 3. The average molecular weight is 603 g/mol. The lowest BCUT2D eigenvalue weighted by Crippen LogP contribution is -2.40. The number of para-hydroxylation sites is 1. The third-order valence-corrected chi connectivity index (χ3v) is 7.49. The molecule has 2 heterocycles. The first-order valence-corrected chi connectivity index (χ1v) is 12.8. The van der Waals surface area contributed by atoms with Gasteiger partial charge in [0.25, 0.3) is 11.2 Å². The first kappa shape index (κ1) is 27.1. The normalized spacial score (nSPS) is 15.1. The fraction of sp³-hybridized carbons (Fsp3) is 0.240. The Kier molecular flexibility index (Phi) is 7.69. The van der Waals surface area contributed by atoms with Gasteiger partial charge in [-0.1, -0.05) is 39.4 Å². The van der Waals surface area contributed by atoms with E-state index in [1.165, 1.54) is 37.0 Å². The average Bonchev–Trinajstić information content (AvgIpc) is 3.18. The summed E-state index contributed by atoms with van der Waals surface area (Å²) in [6.07, 6.45) is 1.29. The van der Waals surface area contributed by atoms with Gasteiger partial charge in [0.15, 0.2) is 16.3 Å². The summed E-state index contributed by atoms with van der Waals surface area (Å²) in [6.45, 7) is 3.42. The number of halogens is 1. The first-order valence-electron chi connectivity index (χ1n) is 11.2. The number of aromatic nitrogens is 1. The molecular weight excluding hydrogens is 582 g/mol. The Hall–Kier alpha value is -3.97. The zero-order chi connectivity index (χ0) is 27.7. The Morgan fingerprint density at radius 2 is 1.95 bits per heavy atom. The summed E-state index contributed by atoms with van der Waals surface area (Å²) in [5.41, 5.74) is -0.150. The zero-order valence-corrected chi connectivity index (χ0v) is 23.0. The molecule has 1 aromatic heterocycles. The van der Waals surface area contributed by atoms with Crippen molar-refractivity contribution >= 4 is 45.0 Å². The van der Waals surface area contributed by atoms with Gasteiger partial charge in [0.1, 0.15) is 0 Å². The van der Waals surface area contributed by atoms with Crippen molar-refractivity contribution in [2.24, 2.45) is 4.99 Å². The monoisotopic (exact) mass is 602 g/mol. The van der Waals surface area contributed by atoms with Crippen molar-refractivity contribution in [2.45, 2.75) is 19.9 Å². The van der Waals surface area contributed by atoms with Gasteiger partial charge in [0.2, 0.25) is 0 Å². The highest BCUT2D eigenvalue weighted by atomic mass is 79.9. The molecule has 4 rings (SSSR count). The zero-order valence-electron chi connectivity index (χ0n) is 20.6. The van der Waals surface area contributed by atoms with Crippen LogP contribution in [0.5, 0.6) is 17.2 Å². The molecule has 11 nitrogen and oxygen atoms in total. The third kappa shape index (κ3) is 4.70. The van der Waals surface area contributed by atoms with Crippen LogP contribution in [-0.2, 0) is 9.53 Å². The van der Waals surface area contributed by atoms with Gasteiger partial charge in [0.05, 0.1) is 47.6 Å². The number of carbonyl (C=O) groups is 1. The van der Waals surface area contributed by atoms with Crippen LogP contribution >= 0.6 is 27.3 Å². The number of esters is 1. The van der Waals surface area contributed by atoms with Crippen LogP contribution in [0.2, 0.25) is 0 Å². The Balaban J connectivity index is 2.02. The van der Waals surface area contributed by atoms with Crippen LogP contribution in [0.3, 0.4) is 0 Å². The van der Waals surface area contributed by atoms with Crippen LogP contribution in [0.25, 0.3) is 6.08 Å². The summed E-state index contributed by atoms with van der Waals surface area (Å²) in [5.74, 6) is -0.651. The molecule has 0 fully saturated rings. The minimum atomic E-state index is -0.960. The second-order valence-electron chi connectivity index (χ2n) is 7.98. The fourth-order valence-electron chi connectivity index (χ4n) is 4.11. The number of nitro groups is 1. The molecule has 2 aromatic carbocycles. The number of fused-ring (bicyclic) bond motifs is 1. The Morgan fingerprint density at radius 1 is 1.26 bits per heavy atom. The molecule has 1 aliphatic rings. The van der Waals surface area contributed by atoms with Crippen molar-refractivity contribution in [1.82, 2.24) is 4.57 Å².